The first-order valence-corrected chi connectivity index (χ1v) is 4.41. The topological polar surface area (TPSA) is 3.24 Å². The molecule has 2 heteroatoms. The van der Waals surface area contributed by atoms with Crippen LogP contribution in [0.15, 0.2) is 0 Å². The zero-order valence-corrected chi connectivity index (χ0v) is 7.95. The molecule has 0 saturated heterocycles. The monoisotopic (exact) mass is 159 g/mol. The van der Waals surface area contributed by atoms with E-state index in [-0.39, 0.29) is 0 Å². The summed E-state index contributed by atoms with van der Waals surface area (Å²) in [6.45, 7) is 8.74. The number of hydrogen-bond donors (Lipinski definition) is 0. The molecule has 60 valence electrons. The van der Waals surface area contributed by atoms with Gasteiger partial charge in [-0.3, -0.25) is 0 Å². The second kappa shape index (κ2) is 5.66. The summed E-state index contributed by atoms with van der Waals surface area (Å²) in [5.74, 6) is 0.763. The van der Waals surface area contributed by atoms with Crippen molar-refractivity contribution in [1.29, 1.82) is 0 Å². The van der Waals surface area contributed by atoms with Crippen LogP contribution < -0.4 is 0 Å². The maximum absolute atomic E-state index is 4.84. The smallest absolute Gasteiger partial charge is 0.0640 e. The highest BCUT2D eigenvalue weighted by Gasteiger charge is 2.01. The van der Waals surface area contributed by atoms with Crippen LogP contribution in [0.1, 0.15) is 27.2 Å². The first-order chi connectivity index (χ1) is 4.74. The van der Waals surface area contributed by atoms with Crippen molar-refractivity contribution < 1.29 is 0 Å². The molecule has 0 heterocycles. The van der Waals surface area contributed by atoms with E-state index in [2.05, 4.69) is 25.7 Å². The third-order valence-corrected chi connectivity index (χ3v) is 2.10. The van der Waals surface area contributed by atoms with Gasteiger partial charge in [0.2, 0.25) is 0 Å². The highest BCUT2D eigenvalue weighted by molar-refractivity contribution is 7.78. The fourth-order valence-electron chi connectivity index (χ4n) is 0.776. The summed E-state index contributed by atoms with van der Waals surface area (Å²) < 4.78 is 0. The van der Waals surface area contributed by atoms with E-state index in [1.165, 1.54) is 6.42 Å². The molecule has 0 saturated carbocycles. The molecule has 0 fully saturated rings. The Kier molecular flexibility index (Phi) is 5.60. The standard InChI is InChI=1S/C8H17NS/c1-4-8(3)6-9(5-2)7-10/h7-8H,4-6H2,1-3H3. The third-order valence-electron chi connectivity index (χ3n) is 1.80. The third kappa shape index (κ3) is 3.83. The van der Waals surface area contributed by atoms with Crippen LogP contribution in [0.3, 0.4) is 0 Å². The van der Waals surface area contributed by atoms with E-state index in [0.717, 1.165) is 19.0 Å². The maximum atomic E-state index is 4.84. The van der Waals surface area contributed by atoms with Gasteiger partial charge in [-0.25, -0.2) is 0 Å². The molecule has 0 amide bonds. The van der Waals surface area contributed by atoms with Crippen molar-refractivity contribution in [3.63, 3.8) is 0 Å². The number of hydrogen-bond acceptors (Lipinski definition) is 1. The van der Waals surface area contributed by atoms with E-state index in [1.807, 2.05) is 0 Å². The molecule has 1 unspecified atom stereocenters. The Bertz CT molecular complexity index is 93.3. The molecule has 0 bridgehead atoms. The highest BCUT2D eigenvalue weighted by atomic mass is 32.1. The Morgan fingerprint density at radius 3 is 2.40 bits per heavy atom. The van der Waals surface area contributed by atoms with Gasteiger partial charge >= 0.3 is 0 Å². The molecule has 0 aromatic heterocycles. The molecule has 0 radical (unpaired) electrons. The Morgan fingerprint density at radius 2 is 2.10 bits per heavy atom. The van der Waals surface area contributed by atoms with E-state index >= 15 is 0 Å². The summed E-state index contributed by atoms with van der Waals surface area (Å²) in [7, 11) is 0. The van der Waals surface area contributed by atoms with Crippen molar-refractivity contribution in [2.75, 3.05) is 13.1 Å². The van der Waals surface area contributed by atoms with Crippen molar-refractivity contribution in [1.82, 2.24) is 4.90 Å². The second-order valence-electron chi connectivity index (χ2n) is 2.71. The summed E-state index contributed by atoms with van der Waals surface area (Å²) in [4.78, 5) is 2.17. The minimum Gasteiger partial charge on any atom is -0.369 e. The summed E-state index contributed by atoms with van der Waals surface area (Å²) >= 11 is 4.84. The molecule has 0 spiro atoms. The van der Waals surface area contributed by atoms with E-state index < -0.39 is 0 Å². The minimum atomic E-state index is 0.763. The molecule has 0 rings (SSSR count). The van der Waals surface area contributed by atoms with Crippen LogP contribution in [0.5, 0.6) is 0 Å². The van der Waals surface area contributed by atoms with Crippen molar-refractivity contribution in [3.05, 3.63) is 0 Å². The number of nitrogens with zero attached hydrogens (tertiary/aromatic N) is 1. The van der Waals surface area contributed by atoms with Gasteiger partial charge in [-0.1, -0.05) is 32.5 Å². The Morgan fingerprint density at radius 1 is 1.50 bits per heavy atom. The fraction of sp³-hybridized carbons (Fsp3) is 0.875. The number of rotatable bonds is 5. The van der Waals surface area contributed by atoms with Crippen molar-refractivity contribution in [2.24, 2.45) is 5.92 Å². The zero-order valence-electron chi connectivity index (χ0n) is 7.13. The van der Waals surface area contributed by atoms with Crippen LogP contribution in [-0.4, -0.2) is 23.5 Å². The quantitative estimate of drug-likeness (QED) is 0.566. The Hall–Kier alpha value is -0.110. The van der Waals surface area contributed by atoms with Gasteiger partial charge in [-0.05, 0) is 12.8 Å². The van der Waals surface area contributed by atoms with Crippen molar-refractivity contribution in [2.45, 2.75) is 27.2 Å². The maximum Gasteiger partial charge on any atom is 0.0640 e. The zero-order chi connectivity index (χ0) is 7.98. The van der Waals surface area contributed by atoms with Gasteiger partial charge < -0.3 is 4.90 Å². The summed E-state index contributed by atoms with van der Waals surface area (Å²) in [5, 5.41) is 0. The summed E-state index contributed by atoms with van der Waals surface area (Å²) in [6, 6.07) is 0. The van der Waals surface area contributed by atoms with Gasteiger partial charge in [0, 0.05) is 13.1 Å². The van der Waals surface area contributed by atoms with E-state index in [9.17, 15) is 0 Å². The van der Waals surface area contributed by atoms with E-state index in [1.54, 1.807) is 5.49 Å². The van der Waals surface area contributed by atoms with Crippen LogP contribution in [0, 0.1) is 5.92 Å². The van der Waals surface area contributed by atoms with Crippen LogP contribution in [-0.2, 0) is 0 Å². The average Bonchev–Trinajstić information content (AvgIpc) is 1.99. The minimum absolute atomic E-state index is 0.763. The van der Waals surface area contributed by atoms with Gasteiger partial charge in [0.05, 0.1) is 5.49 Å². The fourth-order valence-corrected chi connectivity index (χ4v) is 1.01. The lowest BCUT2D eigenvalue weighted by atomic mass is 10.1. The number of thiocarbonyl (C=S) groups is 1. The lowest BCUT2D eigenvalue weighted by Crippen LogP contribution is -2.25. The normalized spacial score (nSPS) is 12.7. The molecule has 10 heavy (non-hydrogen) atoms. The van der Waals surface area contributed by atoms with E-state index in [0.29, 0.717) is 0 Å². The largest absolute Gasteiger partial charge is 0.369 e. The van der Waals surface area contributed by atoms with Crippen molar-refractivity contribution >= 4 is 17.7 Å². The second-order valence-corrected chi connectivity index (χ2v) is 2.92. The molecule has 0 aromatic carbocycles. The van der Waals surface area contributed by atoms with Crippen LogP contribution >= 0.6 is 12.2 Å². The lowest BCUT2D eigenvalue weighted by molar-refractivity contribution is 0.371. The molecule has 0 aliphatic rings. The predicted molar refractivity (Wildman–Crippen MR) is 50.4 cm³/mol. The van der Waals surface area contributed by atoms with Crippen molar-refractivity contribution in [3.8, 4) is 0 Å². The average molecular weight is 159 g/mol. The molecule has 0 aromatic rings. The molecule has 1 atom stereocenters. The molecular weight excluding hydrogens is 142 g/mol. The molecule has 1 nitrogen and oxygen atoms in total. The van der Waals surface area contributed by atoms with Gasteiger partial charge in [0.25, 0.3) is 0 Å². The molecule has 0 aliphatic carbocycles. The van der Waals surface area contributed by atoms with E-state index in [4.69, 9.17) is 12.2 Å². The van der Waals surface area contributed by atoms with Gasteiger partial charge in [-0.2, -0.15) is 0 Å². The van der Waals surface area contributed by atoms with Crippen LogP contribution in [0.2, 0.25) is 0 Å². The van der Waals surface area contributed by atoms with Gasteiger partial charge in [0.1, 0.15) is 0 Å². The summed E-state index contributed by atoms with van der Waals surface area (Å²) in [5.41, 5.74) is 1.76. The van der Waals surface area contributed by atoms with Gasteiger partial charge in [-0.15, -0.1) is 0 Å². The van der Waals surface area contributed by atoms with Crippen LogP contribution in [0.4, 0.5) is 0 Å². The first-order valence-electron chi connectivity index (χ1n) is 3.93. The predicted octanol–water partition coefficient (Wildman–Crippen LogP) is 2.31. The van der Waals surface area contributed by atoms with Gasteiger partial charge in [0.15, 0.2) is 0 Å². The molecule has 0 N–H and O–H groups in total. The van der Waals surface area contributed by atoms with Crippen LogP contribution in [0.25, 0.3) is 0 Å². The SMILES string of the molecule is CCC(C)CN(C=S)CC. The molecular formula is C8H17NS. The highest BCUT2D eigenvalue weighted by Crippen LogP contribution is 2.01. The Balaban J connectivity index is 3.51. The summed E-state index contributed by atoms with van der Waals surface area (Å²) in [6.07, 6.45) is 1.24. The molecule has 0 aliphatic heterocycles. The first kappa shape index (κ1) is 9.89. The Labute approximate surface area is 69.4 Å². The lowest BCUT2D eigenvalue weighted by Gasteiger charge is -2.20.